The summed E-state index contributed by atoms with van der Waals surface area (Å²) < 4.78 is 0. The molecule has 3 atom stereocenters. The van der Waals surface area contributed by atoms with Gasteiger partial charge in [0.2, 0.25) is 0 Å². The Kier molecular flexibility index (Phi) is 0.615. The van der Waals surface area contributed by atoms with Crippen molar-refractivity contribution in [2.24, 2.45) is 17.8 Å². The van der Waals surface area contributed by atoms with E-state index >= 15 is 0 Å². The first-order chi connectivity index (χ1) is 3.93. The van der Waals surface area contributed by atoms with Gasteiger partial charge in [-0.25, -0.2) is 0 Å². The summed E-state index contributed by atoms with van der Waals surface area (Å²) in [7, 11) is 0. The Hall–Kier alpha value is -0.700. The van der Waals surface area contributed by atoms with Crippen LogP contribution in [0.4, 0.5) is 0 Å². The van der Waals surface area contributed by atoms with Crippen molar-refractivity contribution in [3.8, 4) is 12.3 Å². The Morgan fingerprint density at radius 1 is 1.62 bits per heavy atom. The average molecular weight is 104 g/mol. The van der Waals surface area contributed by atoms with Gasteiger partial charge in [-0.15, -0.1) is 12.3 Å². The summed E-state index contributed by atoms with van der Waals surface area (Å²) in [5.74, 6) is 5.03. The lowest BCUT2D eigenvalue weighted by molar-refractivity contribution is 0.824. The van der Waals surface area contributed by atoms with Crippen LogP contribution in [0.25, 0.3) is 0 Å². The molecule has 0 N–H and O–H groups in total. The van der Waals surface area contributed by atoms with Crippen molar-refractivity contribution >= 4 is 0 Å². The van der Waals surface area contributed by atoms with Crippen LogP contribution in [0.3, 0.4) is 0 Å². The maximum atomic E-state index is 5.24. The number of terminal acetylenes is 1. The first-order valence-corrected chi connectivity index (χ1v) is 3.06. The van der Waals surface area contributed by atoms with Gasteiger partial charge in [-0.3, -0.25) is 0 Å². The average Bonchev–Trinajstić information content (AvgIpc) is 2.22. The van der Waals surface area contributed by atoms with E-state index in [0.717, 1.165) is 11.8 Å². The molecular weight excluding hydrogens is 96.1 g/mol. The molecule has 40 valence electrons. The highest BCUT2D eigenvalue weighted by Gasteiger charge is 2.48. The number of hydrogen-bond acceptors (Lipinski definition) is 0. The van der Waals surface area contributed by atoms with Gasteiger partial charge in [-0.05, 0) is 18.3 Å². The van der Waals surface area contributed by atoms with Crippen LogP contribution in [0, 0.1) is 30.1 Å². The maximum absolute atomic E-state index is 5.24. The molecule has 1 fully saturated rings. The third kappa shape index (κ3) is 0.327. The molecule has 0 heterocycles. The summed E-state index contributed by atoms with van der Waals surface area (Å²) in [6, 6.07) is 0. The standard InChI is InChI=1S/C8H8/c1-2-6-7-4-3-5-8(6)7/h1,3-4,6-8H,5H2. The van der Waals surface area contributed by atoms with Gasteiger partial charge in [0.1, 0.15) is 0 Å². The maximum Gasteiger partial charge on any atom is 0.0303 e. The molecule has 3 unspecified atom stereocenters. The van der Waals surface area contributed by atoms with Gasteiger partial charge in [-0.2, -0.15) is 0 Å². The molecule has 2 rings (SSSR count). The molecule has 2 aliphatic carbocycles. The fraction of sp³-hybridized carbons (Fsp3) is 0.500. The minimum absolute atomic E-state index is 0.611. The van der Waals surface area contributed by atoms with E-state index in [1.54, 1.807) is 0 Å². The second-order valence-electron chi connectivity index (χ2n) is 2.60. The van der Waals surface area contributed by atoms with Crippen molar-refractivity contribution in [2.45, 2.75) is 6.42 Å². The van der Waals surface area contributed by atoms with E-state index in [9.17, 15) is 0 Å². The lowest BCUT2D eigenvalue weighted by Crippen LogP contribution is -1.74. The highest BCUT2D eigenvalue weighted by atomic mass is 14.5. The predicted molar refractivity (Wildman–Crippen MR) is 33.1 cm³/mol. The Bertz CT molecular complexity index is 171. The van der Waals surface area contributed by atoms with E-state index in [1.165, 1.54) is 6.42 Å². The summed E-state index contributed by atoms with van der Waals surface area (Å²) in [5, 5.41) is 0. The zero-order chi connectivity index (χ0) is 5.56. The largest absolute Gasteiger partial charge is 0.120 e. The molecular formula is C8H8. The van der Waals surface area contributed by atoms with E-state index in [4.69, 9.17) is 6.42 Å². The second kappa shape index (κ2) is 1.17. The second-order valence-corrected chi connectivity index (χ2v) is 2.60. The van der Waals surface area contributed by atoms with Crippen LogP contribution in [0.15, 0.2) is 12.2 Å². The molecule has 0 aromatic heterocycles. The minimum Gasteiger partial charge on any atom is -0.120 e. The van der Waals surface area contributed by atoms with Crippen molar-refractivity contribution in [1.82, 2.24) is 0 Å². The fourth-order valence-corrected chi connectivity index (χ4v) is 1.59. The summed E-state index contributed by atoms with van der Waals surface area (Å²) >= 11 is 0. The molecule has 1 saturated carbocycles. The van der Waals surface area contributed by atoms with E-state index in [2.05, 4.69) is 18.1 Å². The van der Waals surface area contributed by atoms with Crippen molar-refractivity contribution in [1.29, 1.82) is 0 Å². The van der Waals surface area contributed by atoms with Crippen LogP contribution in [0.2, 0.25) is 0 Å². The van der Waals surface area contributed by atoms with Crippen LogP contribution >= 0.6 is 0 Å². The van der Waals surface area contributed by atoms with Crippen LogP contribution in [0.5, 0.6) is 0 Å². The van der Waals surface area contributed by atoms with Crippen LogP contribution < -0.4 is 0 Å². The smallest absolute Gasteiger partial charge is 0.0303 e. The normalized spacial score (nSPS) is 48.1. The first-order valence-electron chi connectivity index (χ1n) is 3.06. The molecule has 0 bridgehead atoms. The Balaban J connectivity index is 2.16. The van der Waals surface area contributed by atoms with Crippen LogP contribution in [0.1, 0.15) is 6.42 Å². The molecule has 2 aliphatic rings. The van der Waals surface area contributed by atoms with Crippen LogP contribution in [-0.2, 0) is 0 Å². The van der Waals surface area contributed by atoms with Gasteiger partial charge in [-0.1, -0.05) is 12.2 Å². The highest BCUT2D eigenvalue weighted by Crippen LogP contribution is 2.52. The molecule has 0 spiro atoms. The molecule has 0 heteroatoms. The SMILES string of the molecule is C#CC1C2C=CCC12. The van der Waals surface area contributed by atoms with Crippen molar-refractivity contribution < 1.29 is 0 Å². The molecule has 0 saturated heterocycles. The predicted octanol–water partition coefficient (Wildman–Crippen LogP) is 1.44. The summed E-state index contributed by atoms with van der Waals surface area (Å²) in [6.45, 7) is 0. The number of hydrogen-bond donors (Lipinski definition) is 0. The zero-order valence-corrected chi connectivity index (χ0v) is 4.67. The topological polar surface area (TPSA) is 0 Å². The Morgan fingerprint density at radius 2 is 2.50 bits per heavy atom. The van der Waals surface area contributed by atoms with Crippen molar-refractivity contribution in [2.75, 3.05) is 0 Å². The molecule has 0 nitrogen and oxygen atoms in total. The molecule has 0 radical (unpaired) electrons. The molecule has 0 aliphatic heterocycles. The monoisotopic (exact) mass is 104 g/mol. The van der Waals surface area contributed by atoms with Crippen molar-refractivity contribution in [3.63, 3.8) is 0 Å². The summed E-state index contributed by atoms with van der Waals surface area (Å²) in [4.78, 5) is 0. The number of allylic oxidation sites excluding steroid dienone is 2. The van der Waals surface area contributed by atoms with Crippen molar-refractivity contribution in [3.05, 3.63) is 12.2 Å². The van der Waals surface area contributed by atoms with Gasteiger partial charge in [0.25, 0.3) is 0 Å². The lowest BCUT2D eigenvalue weighted by atomic mass is 10.2. The first kappa shape index (κ1) is 4.21. The third-order valence-corrected chi connectivity index (χ3v) is 2.19. The highest BCUT2D eigenvalue weighted by molar-refractivity contribution is 5.24. The molecule has 8 heavy (non-hydrogen) atoms. The summed E-state index contributed by atoms with van der Waals surface area (Å²) in [6.07, 6.45) is 11.0. The molecule has 0 amide bonds. The number of rotatable bonds is 0. The van der Waals surface area contributed by atoms with E-state index in [0.29, 0.717) is 5.92 Å². The molecule has 0 aromatic carbocycles. The Labute approximate surface area is 49.6 Å². The molecule has 0 aromatic rings. The van der Waals surface area contributed by atoms with Gasteiger partial charge in [0, 0.05) is 5.92 Å². The lowest BCUT2D eigenvalue weighted by Gasteiger charge is -1.82. The number of fused-ring (bicyclic) bond motifs is 1. The van der Waals surface area contributed by atoms with Gasteiger partial charge >= 0.3 is 0 Å². The van der Waals surface area contributed by atoms with E-state index in [1.807, 2.05) is 0 Å². The fourth-order valence-electron chi connectivity index (χ4n) is 1.59. The van der Waals surface area contributed by atoms with E-state index < -0.39 is 0 Å². The van der Waals surface area contributed by atoms with Gasteiger partial charge in [0.15, 0.2) is 0 Å². The van der Waals surface area contributed by atoms with Gasteiger partial charge < -0.3 is 0 Å². The third-order valence-electron chi connectivity index (χ3n) is 2.19. The summed E-state index contributed by atoms with van der Waals surface area (Å²) in [5.41, 5.74) is 0. The van der Waals surface area contributed by atoms with E-state index in [-0.39, 0.29) is 0 Å². The quantitative estimate of drug-likeness (QED) is 0.322. The Morgan fingerprint density at radius 3 is 2.88 bits per heavy atom. The zero-order valence-electron chi connectivity index (χ0n) is 4.67. The minimum atomic E-state index is 0.611. The van der Waals surface area contributed by atoms with Crippen LogP contribution in [-0.4, -0.2) is 0 Å². The van der Waals surface area contributed by atoms with Gasteiger partial charge in [0.05, 0.1) is 0 Å².